The molecular formula is C26H36F2N4O3. The highest BCUT2D eigenvalue weighted by molar-refractivity contribution is 5.80. The molecule has 0 amide bonds. The molecule has 1 aliphatic carbocycles. The van der Waals surface area contributed by atoms with Gasteiger partial charge in [0.1, 0.15) is 5.78 Å². The van der Waals surface area contributed by atoms with Gasteiger partial charge >= 0.3 is 0 Å². The first-order chi connectivity index (χ1) is 16.7. The molecule has 0 bridgehead atoms. The van der Waals surface area contributed by atoms with Gasteiger partial charge in [0, 0.05) is 51.5 Å². The monoisotopic (exact) mass is 490 g/mol. The van der Waals surface area contributed by atoms with Crippen LogP contribution in [0.5, 0.6) is 5.88 Å². The number of hydrogen-bond acceptors (Lipinski definition) is 7. The maximum Gasteiger partial charge on any atom is 0.278 e. The second-order valence-corrected chi connectivity index (χ2v) is 10.3. The highest BCUT2D eigenvalue weighted by Gasteiger charge is 2.25. The third-order valence-electron chi connectivity index (χ3n) is 7.14. The average molecular weight is 491 g/mol. The van der Waals surface area contributed by atoms with E-state index in [0.717, 1.165) is 57.9 Å². The molecule has 2 aromatic heterocycles. The largest absolute Gasteiger partial charge is 0.471 e. The van der Waals surface area contributed by atoms with Crippen LogP contribution in [0.15, 0.2) is 16.7 Å². The van der Waals surface area contributed by atoms with E-state index in [2.05, 4.69) is 20.0 Å². The lowest BCUT2D eigenvalue weighted by atomic mass is 9.78. The predicted octanol–water partition coefficient (Wildman–Crippen LogP) is 4.61. The minimum Gasteiger partial charge on any atom is -0.471 e. The number of rotatable bonds is 10. The molecule has 3 heterocycles. The highest BCUT2D eigenvalue weighted by atomic mass is 19.3. The zero-order valence-corrected chi connectivity index (χ0v) is 20.8. The molecule has 35 heavy (non-hydrogen) atoms. The number of fused-ring (bicyclic) bond motifs is 1. The van der Waals surface area contributed by atoms with Crippen LogP contribution in [-0.2, 0) is 24.1 Å². The number of pyridine rings is 1. The Hall–Kier alpha value is -2.42. The Balaban J connectivity index is 1.16. The molecule has 0 radical (unpaired) electrons. The summed E-state index contributed by atoms with van der Waals surface area (Å²) < 4.78 is 36.3. The molecule has 2 aromatic rings. The molecule has 1 fully saturated rings. The van der Waals surface area contributed by atoms with Crippen LogP contribution in [0.4, 0.5) is 8.78 Å². The van der Waals surface area contributed by atoms with Crippen molar-refractivity contribution in [3.8, 4) is 5.88 Å². The number of ketones is 1. The summed E-state index contributed by atoms with van der Waals surface area (Å²) in [7, 11) is 0. The standard InChI is InChI=1S/C26H36F2N4O3/c1-18-29-24(31-35-18)16-22(33)15-20-5-3-19(4-6-20)9-12-32-13-10-21-7-8-25(30-23(21)11-14-32)34-17-26(2,27)28/h7-8,19-20H,3-6,9-17H2,1-2H3. The number of hydrogen-bond donors (Lipinski definition) is 0. The van der Waals surface area contributed by atoms with Crippen molar-refractivity contribution in [3.05, 3.63) is 35.1 Å². The molecule has 9 heteroatoms. The Morgan fingerprint density at radius 2 is 1.89 bits per heavy atom. The van der Waals surface area contributed by atoms with Crippen LogP contribution in [0, 0.1) is 18.8 Å². The number of halogens is 2. The molecule has 4 rings (SSSR count). The van der Waals surface area contributed by atoms with E-state index < -0.39 is 12.5 Å². The van der Waals surface area contributed by atoms with Gasteiger partial charge < -0.3 is 14.2 Å². The SMILES string of the molecule is Cc1nc(CC(=O)CC2CCC(CCN3CCc4ccc(OCC(C)(F)F)nc4CC3)CC2)no1. The molecule has 0 spiro atoms. The third-order valence-corrected chi connectivity index (χ3v) is 7.14. The van der Waals surface area contributed by atoms with Crippen molar-refractivity contribution >= 4 is 5.78 Å². The number of alkyl halides is 2. The van der Waals surface area contributed by atoms with Crippen molar-refractivity contribution in [2.24, 2.45) is 11.8 Å². The van der Waals surface area contributed by atoms with Gasteiger partial charge in [-0.2, -0.15) is 4.98 Å². The van der Waals surface area contributed by atoms with Gasteiger partial charge in [-0.05, 0) is 49.6 Å². The van der Waals surface area contributed by atoms with Crippen LogP contribution in [0.25, 0.3) is 0 Å². The van der Waals surface area contributed by atoms with Crippen LogP contribution in [0.3, 0.4) is 0 Å². The van der Waals surface area contributed by atoms with E-state index in [1.165, 1.54) is 24.8 Å². The first-order valence-corrected chi connectivity index (χ1v) is 12.8. The second kappa shape index (κ2) is 11.5. The van der Waals surface area contributed by atoms with Crippen molar-refractivity contribution in [2.45, 2.75) is 77.6 Å². The fraction of sp³-hybridized carbons (Fsp3) is 0.692. The maximum atomic E-state index is 13.1. The summed E-state index contributed by atoms with van der Waals surface area (Å²) >= 11 is 0. The average Bonchev–Trinajstić information content (AvgIpc) is 3.10. The summed E-state index contributed by atoms with van der Waals surface area (Å²) in [6.45, 7) is 4.90. The summed E-state index contributed by atoms with van der Waals surface area (Å²) in [5.41, 5.74) is 2.15. The van der Waals surface area contributed by atoms with Crippen LogP contribution in [0.1, 0.15) is 68.4 Å². The number of nitrogens with zero attached hydrogens (tertiary/aromatic N) is 4. The molecule has 1 aliphatic heterocycles. The number of carbonyl (C=O) groups is 1. The van der Waals surface area contributed by atoms with Gasteiger partial charge in [-0.3, -0.25) is 4.79 Å². The van der Waals surface area contributed by atoms with Gasteiger partial charge in [-0.15, -0.1) is 0 Å². The fourth-order valence-electron chi connectivity index (χ4n) is 5.19. The molecule has 0 aromatic carbocycles. The lowest BCUT2D eigenvalue weighted by Crippen LogP contribution is -2.29. The van der Waals surface area contributed by atoms with E-state index in [4.69, 9.17) is 9.26 Å². The van der Waals surface area contributed by atoms with E-state index in [0.29, 0.717) is 30.0 Å². The zero-order valence-electron chi connectivity index (χ0n) is 20.8. The number of aromatic nitrogens is 3. The molecule has 0 saturated heterocycles. The normalized spacial score (nSPS) is 21.4. The molecular weight excluding hydrogens is 454 g/mol. The lowest BCUT2D eigenvalue weighted by Gasteiger charge is -2.30. The van der Waals surface area contributed by atoms with E-state index >= 15 is 0 Å². The second-order valence-electron chi connectivity index (χ2n) is 10.3. The topological polar surface area (TPSA) is 81.4 Å². The predicted molar refractivity (Wildman–Crippen MR) is 127 cm³/mol. The van der Waals surface area contributed by atoms with E-state index in [1.54, 1.807) is 13.0 Å². The van der Waals surface area contributed by atoms with Gasteiger partial charge in [0.05, 0.1) is 6.42 Å². The third kappa shape index (κ3) is 8.05. The van der Waals surface area contributed by atoms with E-state index in [9.17, 15) is 13.6 Å². The van der Waals surface area contributed by atoms with Crippen LogP contribution < -0.4 is 4.74 Å². The van der Waals surface area contributed by atoms with Gasteiger partial charge in [-0.25, -0.2) is 13.8 Å². The van der Waals surface area contributed by atoms with Gasteiger partial charge in [0.2, 0.25) is 11.8 Å². The summed E-state index contributed by atoms with van der Waals surface area (Å²) in [5.74, 6) is -0.229. The van der Waals surface area contributed by atoms with Gasteiger partial charge in [-0.1, -0.05) is 24.1 Å². The smallest absolute Gasteiger partial charge is 0.278 e. The Morgan fingerprint density at radius 1 is 1.14 bits per heavy atom. The van der Waals surface area contributed by atoms with Crippen molar-refractivity contribution in [3.63, 3.8) is 0 Å². The summed E-state index contributed by atoms with van der Waals surface area (Å²) in [5, 5.41) is 3.82. The van der Waals surface area contributed by atoms with Crippen LogP contribution >= 0.6 is 0 Å². The molecule has 192 valence electrons. The first-order valence-electron chi connectivity index (χ1n) is 12.8. The molecule has 1 saturated carbocycles. The summed E-state index contributed by atoms with van der Waals surface area (Å²) in [6, 6.07) is 3.67. The number of ether oxygens (including phenoxy) is 1. The Morgan fingerprint density at radius 3 is 2.60 bits per heavy atom. The van der Waals surface area contributed by atoms with E-state index in [1.807, 2.05) is 6.07 Å². The maximum absolute atomic E-state index is 13.1. The van der Waals surface area contributed by atoms with Gasteiger partial charge in [0.25, 0.3) is 5.92 Å². The van der Waals surface area contributed by atoms with Crippen molar-refractivity contribution in [1.29, 1.82) is 0 Å². The number of aryl methyl sites for hydroxylation is 1. The molecule has 0 N–H and O–H groups in total. The van der Waals surface area contributed by atoms with Crippen molar-refractivity contribution in [2.75, 3.05) is 26.2 Å². The van der Waals surface area contributed by atoms with Gasteiger partial charge in [0.15, 0.2) is 12.4 Å². The minimum atomic E-state index is -2.87. The zero-order chi connectivity index (χ0) is 24.8. The Kier molecular flexibility index (Phi) is 8.46. The first kappa shape index (κ1) is 25.7. The molecule has 0 unspecified atom stereocenters. The Labute approximate surface area is 205 Å². The number of Topliss-reactive ketones (excluding diaryl/α,β-unsaturated/α-hetero) is 1. The minimum absolute atomic E-state index is 0.198. The number of carbonyl (C=O) groups excluding carboxylic acids is 1. The van der Waals surface area contributed by atoms with Crippen LogP contribution in [-0.4, -0.2) is 58.0 Å². The summed E-state index contributed by atoms with van der Waals surface area (Å²) in [4.78, 5) is 23.5. The quantitative estimate of drug-likeness (QED) is 0.481. The summed E-state index contributed by atoms with van der Waals surface area (Å²) in [6.07, 6.45) is 8.35. The lowest BCUT2D eigenvalue weighted by molar-refractivity contribution is -0.119. The van der Waals surface area contributed by atoms with Crippen LogP contribution in [0.2, 0.25) is 0 Å². The van der Waals surface area contributed by atoms with Crippen molar-refractivity contribution < 1.29 is 22.8 Å². The molecule has 7 nitrogen and oxygen atoms in total. The molecule has 0 atom stereocenters. The molecule has 2 aliphatic rings. The van der Waals surface area contributed by atoms with E-state index in [-0.39, 0.29) is 18.1 Å². The van der Waals surface area contributed by atoms with Crippen molar-refractivity contribution in [1.82, 2.24) is 20.0 Å². The Bertz CT molecular complexity index is 983. The fourth-order valence-corrected chi connectivity index (χ4v) is 5.19. The highest BCUT2D eigenvalue weighted by Crippen LogP contribution is 2.33.